The van der Waals surface area contributed by atoms with Gasteiger partial charge in [0.15, 0.2) is 11.4 Å². The second-order valence-corrected chi connectivity index (χ2v) is 9.28. The van der Waals surface area contributed by atoms with Crippen LogP contribution < -0.4 is 4.90 Å². The molecule has 0 aromatic heterocycles. The van der Waals surface area contributed by atoms with Crippen molar-refractivity contribution < 1.29 is 19.6 Å². The van der Waals surface area contributed by atoms with E-state index < -0.39 is 28.6 Å². The Hall–Kier alpha value is -2.88. The topological polar surface area (TPSA) is 101 Å². The van der Waals surface area contributed by atoms with Gasteiger partial charge in [0.25, 0.3) is 11.6 Å². The highest BCUT2D eigenvalue weighted by atomic mass is 79.9. The van der Waals surface area contributed by atoms with Crippen molar-refractivity contribution in [2.45, 2.75) is 18.6 Å². The van der Waals surface area contributed by atoms with Crippen molar-refractivity contribution in [3.63, 3.8) is 0 Å². The number of benzene rings is 3. The summed E-state index contributed by atoms with van der Waals surface area (Å²) >= 11 is 6.74. The van der Waals surface area contributed by atoms with Gasteiger partial charge >= 0.3 is 0 Å². The van der Waals surface area contributed by atoms with Gasteiger partial charge in [0.1, 0.15) is 0 Å². The van der Waals surface area contributed by atoms with Crippen molar-refractivity contribution in [3.05, 3.63) is 102 Å². The van der Waals surface area contributed by atoms with Crippen LogP contribution in [0.3, 0.4) is 0 Å². The van der Waals surface area contributed by atoms with Gasteiger partial charge in [-0.3, -0.25) is 19.7 Å². The first-order chi connectivity index (χ1) is 15.2. The Balaban J connectivity index is 1.70. The average molecular weight is 560 g/mol. The molecule has 0 bridgehead atoms. The lowest BCUT2D eigenvalue weighted by Crippen LogP contribution is -2.41. The molecule has 4 rings (SSSR count). The summed E-state index contributed by atoms with van der Waals surface area (Å²) in [5.41, 5.74) is -0.590. The van der Waals surface area contributed by atoms with E-state index in [4.69, 9.17) is 0 Å². The Bertz CT molecular complexity index is 1250. The highest BCUT2D eigenvalue weighted by molar-refractivity contribution is 9.10. The van der Waals surface area contributed by atoms with E-state index in [1.807, 2.05) is 24.3 Å². The first-order valence-electron chi connectivity index (χ1n) is 9.55. The van der Waals surface area contributed by atoms with Crippen LogP contribution >= 0.6 is 31.9 Å². The molecule has 0 aliphatic carbocycles. The molecule has 1 N–H and O–H groups in total. The van der Waals surface area contributed by atoms with Crippen LogP contribution in [0.2, 0.25) is 0 Å². The zero-order valence-electron chi connectivity index (χ0n) is 16.5. The number of carbonyl (C=O) groups is 2. The molecule has 32 heavy (non-hydrogen) atoms. The van der Waals surface area contributed by atoms with Crippen molar-refractivity contribution in [1.29, 1.82) is 0 Å². The zero-order chi connectivity index (χ0) is 23.0. The third kappa shape index (κ3) is 4.11. The SMILES string of the molecule is O=C(CC1(O)C(=O)N(Cc2ccc(Br)cc2)c2ccc(Br)cc21)c1cccc([N+](=O)[O-])c1. The molecule has 0 saturated heterocycles. The number of Topliss-reactive ketones (excluding diaryl/α,β-unsaturated/α-hetero) is 1. The van der Waals surface area contributed by atoms with Crippen molar-refractivity contribution in [1.82, 2.24) is 0 Å². The van der Waals surface area contributed by atoms with Crippen LogP contribution in [0.25, 0.3) is 0 Å². The Kier molecular flexibility index (Phi) is 5.98. The predicted molar refractivity (Wildman–Crippen MR) is 125 cm³/mol. The Morgan fingerprint density at radius 2 is 1.72 bits per heavy atom. The maximum Gasteiger partial charge on any atom is 0.270 e. The normalized spacial score (nSPS) is 17.3. The number of rotatable bonds is 6. The Morgan fingerprint density at radius 1 is 1.03 bits per heavy atom. The molecule has 7 nitrogen and oxygen atoms in total. The molecule has 1 heterocycles. The molecule has 3 aromatic carbocycles. The molecular weight excluding hydrogens is 544 g/mol. The lowest BCUT2D eigenvalue weighted by atomic mass is 9.88. The molecule has 3 aromatic rings. The van der Waals surface area contributed by atoms with Crippen LogP contribution in [0.5, 0.6) is 0 Å². The summed E-state index contributed by atoms with van der Waals surface area (Å²) in [7, 11) is 0. The van der Waals surface area contributed by atoms with Gasteiger partial charge in [0.2, 0.25) is 0 Å². The van der Waals surface area contributed by atoms with Crippen molar-refractivity contribution >= 4 is 54.9 Å². The molecular formula is C23H16Br2N2O5. The average Bonchev–Trinajstić information content (AvgIpc) is 2.96. The Morgan fingerprint density at radius 3 is 2.41 bits per heavy atom. The second-order valence-electron chi connectivity index (χ2n) is 7.45. The molecule has 1 aliphatic rings. The minimum atomic E-state index is -2.09. The van der Waals surface area contributed by atoms with Gasteiger partial charge in [-0.05, 0) is 35.9 Å². The van der Waals surface area contributed by atoms with Gasteiger partial charge in [-0.1, -0.05) is 56.1 Å². The number of fused-ring (bicyclic) bond motifs is 1. The van der Waals surface area contributed by atoms with Gasteiger partial charge in [0, 0.05) is 32.2 Å². The van der Waals surface area contributed by atoms with E-state index in [0.717, 1.165) is 16.1 Å². The van der Waals surface area contributed by atoms with Crippen molar-refractivity contribution in [2.24, 2.45) is 0 Å². The van der Waals surface area contributed by atoms with Gasteiger partial charge < -0.3 is 10.0 Å². The number of nitro benzene ring substituents is 1. The standard InChI is InChI=1S/C23H16Br2N2O5/c24-16-6-4-14(5-7-16)13-26-20-9-8-17(25)11-19(20)23(30,22(26)29)12-21(28)15-2-1-3-18(10-15)27(31)32/h1-11,30H,12-13H2. The quantitative estimate of drug-likeness (QED) is 0.256. The number of non-ortho nitro benzene ring substituents is 1. The maximum absolute atomic E-state index is 13.4. The van der Waals surface area contributed by atoms with E-state index in [2.05, 4.69) is 31.9 Å². The summed E-state index contributed by atoms with van der Waals surface area (Å²) in [4.78, 5) is 38.3. The number of anilines is 1. The minimum absolute atomic E-state index is 0.0586. The highest BCUT2D eigenvalue weighted by Crippen LogP contribution is 2.45. The van der Waals surface area contributed by atoms with E-state index in [9.17, 15) is 24.8 Å². The first kappa shape index (κ1) is 22.3. The van der Waals surface area contributed by atoms with Crippen molar-refractivity contribution in [3.8, 4) is 0 Å². The monoisotopic (exact) mass is 558 g/mol. The lowest BCUT2D eigenvalue weighted by molar-refractivity contribution is -0.384. The smallest absolute Gasteiger partial charge is 0.270 e. The number of nitro groups is 1. The Labute approximate surface area is 200 Å². The van der Waals surface area contributed by atoms with E-state index in [1.165, 1.54) is 23.1 Å². The molecule has 9 heteroatoms. The van der Waals surface area contributed by atoms with Crippen LogP contribution in [0.4, 0.5) is 11.4 Å². The van der Waals surface area contributed by atoms with Gasteiger partial charge in [-0.15, -0.1) is 0 Å². The van der Waals surface area contributed by atoms with Crippen LogP contribution in [-0.2, 0) is 16.9 Å². The number of carbonyl (C=O) groups excluding carboxylic acids is 2. The number of ketones is 1. The second kappa shape index (κ2) is 8.57. The molecule has 1 amide bonds. The third-order valence-electron chi connectivity index (χ3n) is 5.34. The van der Waals surface area contributed by atoms with Crippen LogP contribution in [-0.4, -0.2) is 21.7 Å². The van der Waals surface area contributed by atoms with E-state index in [0.29, 0.717) is 15.7 Å². The molecule has 0 fully saturated rings. The van der Waals surface area contributed by atoms with Crippen LogP contribution in [0.15, 0.2) is 75.7 Å². The van der Waals surface area contributed by atoms with Gasteiger partial charge in [0.05, 0.1) is 23.6 Å². The fourth-order valence-corrected chi connectivity index (χ4v) is 4.38. The number of hydrogen-bond donors (Lipinski definition) is 1. The number of halogens is 2. The molecule has 1 aliphatic heterocycles. The molecule has 0 spiro atoms. The summed E-state index contributed by atoms with van der Waals surface area (Å²) in [6.07, 6.45) is -0.534. The van der Waals surface area contributed by atoms with Crippen molar-refractivity contribution in [2.75, 3.05) is 4.90 Å². The summed E-state index contributed by atoms with van der Waals surface area (Å²) in [6, 6.07) is 17.8. The number of aliphatic hydroxyl groups is 1. The largest absolute Gasteiger partial charge is 0.375 e. The van der Waals surface area contributed by atoms with E-state index in [-0.39, 0.29) is 17.8 Å². The first-order valence-corrected chi connectivity index (χ1v) is 11.1. The predicted octanol–water partition coefficient (Wildman–Crippen LogP) is 5.13. The van der Waals surface area contributed by atoms with Gasteiger partial charge in [-0.25, -0.2) is 0 Å². The lowest BCUT2D eigenvalue weighted by Gasteiger charge is -2.23. The number of amides is 1. The summed E-state index contributed by atoms with van der Waals surface area (Å²) in [5, 5.41) is 22.5. The van der Waals surface area contributed by atoms with Gasteiger partial charge in [-0.2, -0.15) is 0 Å². The highest BCUT2D eigenvalue weighted by Gasteiger charge is 2.51. The fraction of sp³-hybridized carbons (Fsp3) is 0.130. The van der Waals surface area contributed by atoms with E-state index in [1.54, 1.807) is 18.2 Å². The molecule has 0 saturated carbocycles. The summed E-state index contributed by atoms with van der Waals surface area (Å²) < 4.78 is 1.55. The number of nitrogens with zero attached hydrogens (tertiary/aromatic N) is 2. The maximum atomic E-state index is 13.4. The number of hydrogen-bond acceptors (Lipinski definition) is 5. The van der Waals surface area contributed by atoms with E-state index >= 15 is 0 Å². The summed E-state index contributed by atoms with van der Waals surface area (Å²) in [6.45, 7) is 0.216. The molecule has 1 unspecified atom stereocenters. The fourth-order valence-electron chi connectivity index (χ4n) is 3.75. The molecule has 1 atom stereocenters. The summed E-state index contributed by atoms with van der Waals surface area (Å²) in [5.74, 6) is -1.19. The third-order valence-corrected chi connectivity index (χ3v) is 6.37. The zero-order valence-corrected chi connectivity index (χ0v) is 19.7. The van der Waals surface area contributed by atoms with Crippen LogP contribution in [0, 0.1) is 10.1 Å². The molecule has 0 radical (unpaired) electrons. The van der Waals surface area contributed by atoms with Crippen LogP contribution in [0.1, 0.15) is 27.9 Å². The minimum Gasteiger partial charge on any atom is -0.375 e. The molecule has 162 valence electrons.